The third-order valence-electron chi connectivity index (χ3n) is 2.89. The van der Waals surface area contributed by atoms with Crippen molar-refractivity contribution in [2.75, 3.05) is 0 Å². The normalized spacial score (nSPS) is 10.4. The summed E-state index contributed by atoms with van der Waals surface area (Å²) in [6, 6.07) is 8.63. The zero-order valence-electron chi connectivity index (χ0n) is 10.9. The molecule has 0 amide bonds. The summed E-state index contributed by atoms with van der Waals surface area (Å²) < 4.78 is 19.0. The highest BCUT2D eigenvalue weighted by atomic mass is 35.5. The topological polar surface area (TPSA) is 78.4 Å². The van der Waals surface area contributed by atoms with Crippen molar-refractivity contribution in [1.29, 1.82) is 0 Å². The van der Waals surface area contributed by atoms with E-state index in [0.29, 0.717) is 5.56 Å². The van der Waals surface area contributed by atoms with Gasteiger partial charge in [-0.2, -0.15) is 0 Å². The van der Waals surface area contributed by atoms with Gasteiger partial charge in [0.2, 0.25) is 0 Å². The van der Waals surface area contributed by atoms with Gasteiger partial charge in [0.1, 0.15) is 12.4 Å². The first-order valence-electron chi connectivity index (χ1n) is 6.06. The molecule has 0 fully saturated rings. The lowest BCUT2D eigenvalue weighted by Gasteiger charge is -2.09. The zero-order valence-corrected chi connectivity index (χ0v) is 11.6. The fraction of sp³-hybridized carbons (Fsp3) is 0.143. The SMILES string of the molecule is NCc1ccc(OCc2c(F)cccc2Cl)c([N+](=O)[O-])c1. The average Bonchev–Trinajstić information content (AvgIpc) is 2.46. The Kier molecular flexibility index (Phi) is 4.72. The van der Waals surface area contributed by atoms with Crippen molar-refractivity contribution < 1.29 is 14.1 Å². The molecule has 2 rings (SSSR count). The van der Waals surface area contributed by atoms with Crippen LogP contribution in [-0.4, -0.2) is 4.92 Å². The number of nitro groups is 1. The van der Waals surface area contributed by atoms with E-state index in [1.54, 1.807) is 6.07 Å². The lowest BCUT2D eigenvalue weighted by Crippen LogP contribution is -2.03. The number of benzene rings is 2. The molecule has 0 unspecified atom stereocenters. The van der Waals surface area contributed by atoms with Crippen LogP contribution in [0.15, 0.2) is 36.4 Å². The van der Waals surface area contributed by atoms with Crippen molar-refractivity contribution in [2.45, 2.75) is 13.2 Å². The summed E-state index contributed by atoms with van der Waals surface area (Å²) >= 11 is 5.88. The summed E-state index contributed by atoms with van der Waals surface area (Å²) in [7, 11) is 0. The predicted molar refractivity (Wildman–Crippen MR) is 76.7 cm³/mol. The predicted octanol–water partition coefficient (Wildman–Crippen LogP) is 3.43. The Balaban J connectivity index is 2.26. The molecular formula is C14H12ClFN2O3. The van der Waals surface area contributed by atoms with Gasteiger partial charge in [-0.15, -0.1) is 0 Å². The molecule has 5 nitrogen and oxygen atoms in total. The molecule has 110 valence electrons. The summed E-state index contributed by atoms with van der Waals surface area (Å²) in [5.74, 6) is -0.486. The monoisotopic (exact) mass is 310 g/mol. The van der Waals surface area contributed by atoms with Crippen LogP contribution in [0.2, 0.25) is 5.02 Å². The van der Waals surface area contributed by atoms with Crippen molar-refractivity contribution in [3.63, 3.8) is 0 Å². The second kappa shape index (κ2) is 6.51. The van der Waals surface area contributed by atoms with Crippen LogP contribution in [0.3, 0.4) is 0 Å². The maximum atomic E-state index is 13.6. The second-order valence-electron chi connectivity index (χ2n) is 4.25. The molecular weight excluding hydrogens is 299 g/mol. The van der Waals surface area contributed by atoms with Crippen LogP contribution in [-0.2, 0) is 13.2 Å². The van der Waals surface area contributed by atoms with Crippen molar-refractivity contribution in [1.82, 2.24) is 0 Å². The molecule has 2 aromatic rings. The summed E-state index contributed by atoms with van der Waals surface area (Å²) in [5.41, 5.74) is 5.98. The van der Waals surface area contributed by atoms with E-state index in [1.165, 1.54) is 30.3 Å². The average molecular weight is 311 g/mol. The number of rotatable bonds is 5. The minimum Gasteiger partial charge on any atom is -0.482 e. The molecule has 2 N–H and O–H groups in total. The molecule has 0 aliphatic heterocycles. The molecule has 2 aromatic carbocycles. The van der Waals surface area contributed by atoms with Gasteiger partial charge in [0, 0.05) is 18.2 Å². The third kappa shape index (κ3) is 3.48. The maximum absolute atomic E-state index is 13.6. The standard InChI is InChI=1S/C14H12ClFN2O3/c15-11-2-1-3-12(16)10(11)8-21-14-5-4-9(7-17)6-13(14)18(19)20/h1-6H,7-8,17H2. The quantitative estimate of drug-likeness (QED) is 0.678. The van der Waals surface area contributed by atoms with Crippen molar-refractivity contribution >= 4 is 17.3 Å². The molecule has 0 aliphatic rings. The minimum absolute atomic E-state index is 0.0384. The Labute approximate surface area is 125 Å². The number of nitrogens with zero attached hydrogens (tertiary/aromatic N) is 1. The van der Waals surface area contributed by atoms with Crippen LogP contribution >= 0.6 is 11.6 Å². The Morgan fingerprint density at radius 3 is 2.71 bits per heavy atom. The molecule has 0 saturated heterocycles. The van der Waals surface area contributed by atoms with Crippen molar-refractivity contribution in [2.24, 2.45) is 5.73 Å². The number of ether oxygens (including phenoxy) is 1. The molecule has 0 atom stereocenters. The van der Waals surface area contributed by atoms with Crippen LogP contribution in [0.25, 0.3) is 0 Å². The largest absolute Gasteiger partial charge is 0.482 e. The van der Waals surface area contributed by atoms with Crippen LogP contribution in [0.1, 0.15) is 11.1 Å². The summed E-state index contributed by atoms with van der Waals surface area (Å²) in [5, 5.41) is 11.2. The smallest absolute Gasteiger partial charge is 0.311 e. The van der Waals surface area contributed by atoms with E-state index in [0.717, 1.165) is 0 Å². The Morgan fingerprint density at radius 2 is 2.10 bits per heavy atom. The van der Waals surface area contributed by atoms with Crippen molar-refractivity contribution in [3.8, 4) is 5.75 Å². The summed E-state index contributed by atoms with van der Waals surface area (Å²) in [6.07, 6.45) is 0. The first-order valence-corrected chi connectivity index (χ1v) is 6.43. The van der Waals surface area contributed by atoms with Gasteiger partial charge in [0.25, 0.3) is 0 Å². The number of hydrogen-bond donors (Lipinski definition) is 1. The molecule has 0 bridgehead atoms. The molecule has 0 aliphatic carbocycles. The highest BCUT2D eigenvalue weighted by Gasteiger charge is 2.17. The van der Waals surface area contributed by atoms with Gasteiger partial charge in [-0.25, -0.2) is 4.39 Å². The third-order valence-corrected chi connectivity index (χ3v) is 3.24. The van der Waals surface area contributed by atoms with Gasteiger partial charge in [0.05, 0.1) is 9.95 Å². The van der Waals surface area contributed by atoms with Gasteiger partial charge in [-0.3, -0.25) is 10.1 Å². The Morgan fingerprint density at radius 1 is 1.33 bits per heavy atom. The number of halogens is 2. The van der Waals surface area contributed by atoms with Gasteiger partial charge in [-0.1, -0.05) is 23.7 Å². The van der Waals surface area contributed by atoms with E-state index < -0.39 is 10.7 Å². The summed E-state index contributed by atoms with van der Waals surface area (Å²) in [4.78, 5) is 10.4. The van der Waals surface area contributed by atoms with E-state index in [2.05, 4.69) is 0 Å². The van der Waals surface area contributed by atoms with E-state index in [9.17, 15) is 14.5 Å². The molecule has 0 saturated carbocycles. The number of nitrogens with two attached hydrogens (primary N) is 1. The molecule has 0 radical (unpaired) electrons. The van der Waals surface area contributed by atoms with E-state index >= 15 is 0 Å². The fourth-order valence-electron chi connectivity index (χ4n) is 1.77. The summed E-state index contributed by atoms with van der Waals surface area (Å²) in [6.45, 7) is -0.0193. The number of nitro benzene ring substituents is 1. The Hall–Kier alpha value is -2.18. The van der Waals surface area contributed by atoms with Gasteiger partial charge in [-0.05, 0) is 23.8 Å². The van der Waals surface area contributed by atoms with E-state index in [4.69, 9.17) is 22.1 Å². The molecule has 7 heteroatoms. The molecule has 0 heterocycles. The van der Waals surface area contributed by atoms with Gasteiger partial charge >= 0.3 is 5.69 Å². The van der Waals surface area contributed by atoms with E-state index in [1.807, 2.05) is 0 Å². The highest BCUT2D eigenvalue weighted by molar-refractivity contribution is 6.31. The molecule has 21 heavy (non-hydrogen) atoms. The highest BCUT2D eigenvalue weighted by Crippen LogP contribution is 2.29. The lowest BCUT2D eigenvalue weighted by atomic mass is 10.2. The molecule has 0 spiro atoms. The Bertz CT molecular complexity index is 659. The fourth-order valence-corrected chi connectivity index (χ4v) is 1.99. The van der Waals surface area contributed by atoms with E-state index in [-0.39, 0.29) is 35.2 Å². The zero-order chi connectivity index (χ0) is 15.4. The van der Waals surface area contributed by atoms with Crippen LogP contribution < -0.4 is 10.5 Å². The first kappa shape index (κ1) is 15.2. The maximum Gasteiger partial charge on any atom is 0.311 e. The first-order chi connectivity index (χ1) is 10.0. The van der Waals surface area contributed by atoms with Gasteiger partial charge < -0.3 is 10.5 Å². The van der Waals surface area contributed by atoms with Crippen LogP contribution in [0.5, 0.6) is 5.75 Å². The minimum atomic E-state index is -0.572. The van der Waals surface area contributed by atoms with Crippen LogP contribution in [0.4, 0.5) is 10.1 Å². The number of hydrogen-bond acceptors (Lipinski definition) is 4. The van der Waals surface area contributed by atoms with Gasteiger partial charge in [0.15, 0.2) is 5.75 Å². The van der Waals surface area contributed by atoms with Crippen molar-refractivity contribution in [3.05, 3.63) is 68.5 Å². The lowest BCUT2D eigenvalue weighted by molar-refractivity contribution is -0.386. The second-order valence-corrected chi connectivity index (χ2v) is 4.66. The van der Waals surface area contributed by atoms with Crippen LogP contribution in [0, 0.1) is 15.9 Å². The molecule has 0 aromatic heterocycles.